The Hall–Kier alpha value is -2.50. The van der Waals surface area contributed by atoms with Crippen LogP contribution in [0.25, 0.3) is 0 Å². The van der Waals surface area contributed by atoms with Crippen molar-refractivity contribution in [1.82, 2.24) is 9.55 Å². The molecule has 0 bridgehead atoms. The van der Waals surface area contributed by atoms with Crippen molar-refractivity contribution in [2.45, 2.75) is 83.7 Å². The van der Waals surface area contributed by atoms with Crippen LogP contribution in [0.5, 0.6) is 0 Å². The Morgan fingerprint density at radius 2 is 1.50 bits per heavy atom. The minimum absolute atomic E-state index is 0.00159. The fourth-order valence-corrected chi connectivity index (χ4v) is 5.33. The summed E-state index contributed by atoms with van der Waals surface area (Å²) in [6.45, 7) is 14.4. The number of Topliss-reactive ketones (excluding diaryl/α,β-unsaturated/α-hetero) is 1. The van der Waals surface area contributed by atoms with E-state index in [0.29, 0.717) is 30.8 Å². The highest BCUT2D eigenvalue weighted by molar-refractivity contribution is 6.74. The summed E-state index contributed by atoms with van der Waals surface area (Å²) in [4.78, 5) is 15.9. The Bertz CT molecular complexity index is 1120. The van der Waals surface area contributed by atoms with E-state index in [-0.39, 0.29) is 10.8 Å². The number of rotatable bonds is 8. The van der Waals surface area contributed by atoms with Gasteiger partial charge in [0.25, 0.3) is 0 Å². The largest absolute Gasteiger partial charge is 0.413 e. The highest BCUT2D eigenvalue weighted by Crippen LogP contribution is 2.47. The molecule has 0 amide bonds. The van der Waals surface area contributed by atoms with Crippen LogP contribution in [0, 0.1) is 0 Å². The molecule has 3 aromatic rings. The molecule has 1 fully saturated rings. The van der Waals surface area contributed by atoms with Gasteiger partial charge in [-0.1, -0.05) is 69.3 Å². The Morgan fingerprint density at radius 3 is 2.00 bits per heavy atom. The molecule has 34 heavy (non-hydrogen) atoms. The van der Waals surface area contributed by atoms with Gasteiger partial charge in [-0.05, 0) is 65.1 Å². The van der Waals surface area contributed by atoms with Crippen LogP contribution in [0.2, 0.25) is 18.1 Å². The lowest BCUT2D eigenvalue weighted by Gasteiger charge is -2.37. The predicted molar refractivity (Wildman–Crippen MR) is 141 cm³/mol. The molecule has 0 aliphatic heterocycles. The molecule has 4 nitrogen and oxygen atoms in total. The number of ketones is 1. The number of carbonyl (C=O) groups is 1. The molecule has 0 N–H and O–H groups in total. The molecule has 0 unspecified atom stereocenters. The number of hydrogen-bond acceptors (Lipinski definition) is 3. The maximum Gasteiger partial charge on any atom is 0.195 e. The van der Waals surface area contributed by atoms with Gasteiger partial charge in [0.05, 0.1) is 6.61 Å². The molecule has 5 heteroatoms. The Morgan fingerprint density at radius 1 is 0.971 bits per heavy atom. The summed E-state index contributed by atoms with van der Waals surface area (Å²) in [5.74, 6) is 1.78. The first-order valence-corrected chi connectivity index (χ1v) is 15.3. The summed E-state index contributed by atoms with van der Waals surface area (Å²) < 4.78 is 8.29. The topological polar surface area (TPSA) is 44.1 Å². The van der Waals surface area contributed by atoms with Gasteiger partial charge < -0.3 is 8.99 Å². The molecule has 0 saturated heterocycles. The SMILES string of the molecule is CC(=O)c1nccn1Cc1ccc(C2CC(c3ccc(CO[Si](C)(C)C(C)(C)C)cc3)C2)cc1. The third-order valence-corrected chi connectivity index (χ3v) is 12.3. The predicted octanol–water partition coefficient (Wildman–Crippen LogP) is 7.32. The molecule has 0 spiro atoms. The Labute approximate surface area is 205 Å². The van der Waals surface area contributed by atoms with Crippen molar-refractivity contribution < 1.29 is 9.22 Å². The maximum absolute atomic E-state index is 11.7. The van der Waals surface area contributed by atoms with Crippen molar-refractivity contribution in [3.8, 4) is 0 Å². The monoisotopic (exact) mass is 474 g/mol. The second kappa shape index (κ2) is 9.63. The average Bonchev–Trinajstić information content (AvgIpc) is 3.21. The first kappa shape index (κ1) is 24.6. The third kappa shape index (κ3) is 5.42. The van der Waals surface area contributed by atoms with Gasteiger partial charge >= 0.3 is 0 Å². The first-order valence-electron chi connectivity index (χ1n) is 12.4. The molecule has 2 aromatic carbocycles. The van der Waals surface area contributed by atoms with Crippen molar-refractivity contribution in [2.75, 3.05) is 0 Å². The number of imidazole rings is 1. The lowest BCUT2D eigenvalue weighted by Crippen LogP contribution is -2.40. The lowest BCUT2D eigenvalue weighted by molar-refractivity contribution is 0.1000. The number of carbonyl (C=O) groups excluding carboxylic acids is 1. The molecular formula is C29H38N2O2Si. The molecule has 180 valence electrons. The first-order chi connectivity index (χ1) is 16.0. The van der Waals surface area contributed by atoms with Crippen LogP contribution in [0.4, 0.5) is 0 Å². The second-order valence-corrected chi connectivity index (χ2v) is 16.1. The van der Waals surface area contributed by atoms with Gasteiger partial charge in [0.15, 0.2) is 19.9 Å². The van der Waals surface area contributed by atoms with E-state index in [9.17, 15) is 4.79 Å². The van der Waals surface area contributed by atoms with E-state index in [4.69, 9.17) is 4.43 Å². The van der Waals surface area contributed by atoms with E-state index in [1.807, 2.05) is 10.8 Å². The number of aromatic nitrogens is 2. The summed E-state index contributed by atoms with van der Waals surface area (Å²) >= 11 is 0. The smallest absolute Gasteiger partial charge is 0.195 e. The zero-order valence-electron chi connectivity index (χ0n) is 21.5. The zero-order chi connectivity index (χ0) is 24.5. The minimum Gasteiger partial charge on any atom is -0.413 e. The van der Waals surface area contributed by atoms with E-state index in [2.05, 4.69) is 87.4 Å². The van der Waals surface area contributed by atoms with Crippen molar-refractivity contribution in [3.63, 3.8) is 0 Å². The molecule has 1 aliphatic rings. The van der Waals surface area contributed by atoms with E-state index in [0.717, 1.165) is 0 Å². The second-order valence-electron chi connectivity index (χ2n) is 11.3. The summed E-state index contributed by atoms with van der Waals surface area (Å²) in [5, 5.41) is 0.239. The van der Waals surface area contributed by atoms with Crippen LogP contribution in [-0.2, 0) is 17.6 Å². The molecule has 0 radical (unpaired) electrons. The molecule has 1 saturated carbocycles. The van der Waals surface area contributed by atoms with Gasteiger partial charge in [-0.2, -0.15) is 0 Å². The highest BCUT2D eigenvalue weighted by Gasteiger charge is 2.37. The highest BCUT2D eigenvalue weighted by atomic mass is 28.4. The number of hydrogen-bond donors (Lipinski definition) is 0. The molecule has 1 aliphatic carbocycles. The molecule has 1 heterocycles. The minimum atomic E-state index is -1.72. The van der Waals surface area contributed by atoms with Crippen molar-refractivity contribution in [1.29, 1.82) is 0 Å². The third-order valence-electron chi connectivity index (χ3n) is 7.83. The van der Waals surface area contributed by atoms with E-state index in [1.54, 1.807) is 13.1 Å². The van der Waals surface area contributed by atoms with Crippen LogP contribution in [-0.4, -0.2) is 23.7 Å². The van der Waals surface area contributed by atoms with Gasteiger partial charge in [0, 0.05) is 25.9 Å². The van der Waals surface area contributed by atoms with Gasteiger partial charge in [-0.25, -0.2) is 4.98 Å². The summed E-state index contributed by atoms with van der Waals surface area (Å²) in [5.41, 5.74) is 5.32. The van der Waals surface area contributed by atoms with Crippen LogP contribution in [0.1, 0.15) is 85.2 Å². The normalized spacial score (nSPS) is 18.5. The van der Waals surface area contributed by atoms with Gasteiger partial charge in [0.2, 0.25) is 0 Å². The summed E-state index contributed by atoms with van der Waals surface area (Å²) in [6.07, 6.45) is 5.96. The van der Waals surface area contributed by atoms with Crippen molar-refractivity contribution in [3.05, 3.63) is 89.0 Å². The number of benzene rings is 2. The van der Waals surface area contributed by atoms with E-state index in [1.165, 1.54) is 35.1 Å². The van der Waals surface area contributed by atoms with E-state index < -0.39 is 8.32 Å². The Balaban J connectivity index is 1.29. The number of nitrogens with zero attached hydrogens (tertiary/aromatic N) is 2. The van der Waals surface area contributed by atoms with Gasteiger partial charge in [0.1, 0.15) is 0 Å². The average molecular weight is 475 g/mol. The van der Waals surface area contributed by atoms with Crippen LogP contribution >= 0.6 is 0 Å². The van der Waals surface area contributed by atoms with Crippen LogP contribution < -0.4 is 0 Å². The van der Waals surface area contributed by atoms with Crippen molar-refractivity contribution >= 4 is 14.1 Å². The van der Waals surface area contributed by atoms with Crippen LogP contribution in [0.3, 0.4) is 0 Å². The standard InChI is InChI=1S/C29H38N2O2Si/c1-21(32)28-30-15-16-31(28)19-22-7-11-24(12-8-22)26-17-27(18-26)25-13-9-23(10-14-25)20-33-34(5,6)29(2,3)4/h7-16,26-27H,17-20H2,1-6H3. The fraction of sp³-hybridized carbons (Fsp3) is 0.448. The van der Waals surface area contributed by atoms with Gasteiger partial charge in [-0.3, -0.25) is 4.79 Å². The molecule has 0 atom stereocenters. The lowest BCUT2D eigenvalue weighted by atomic mass is 9.68. The zero-order valence-corrected chi connectivity index (χ0v) is 22.5. The van der Waals surface area contributed by atoms with E-state index >= 15 is 0 Å². The molecule has 4 rings (SSSR count). The molecular weight excluding hydrogens is 436 g/mol. The Kier molecular flexibility index (Phi) is 6.97. The maximum atomic E-state index is 11.7. The van der Waals surface area contributed by atoms with Gasteiger partial charge in [-0.15, -0.1) is 0 Å². The summed E-state index contributed by atoms with van der Waals surface area (Å²) in [7, 11) is -1.72. The quantitative estimate of drug-likeness (QED) is 0.254. The molecule has 1 aromatic heterocycles. The van der Waals surface area contributed by atoms with Crippen molar-refractivity contribution in [2.24, 2.45) is 0 Å². The summed E-state index contributed by atoms with van der Waals surface area (Å²) in [6, 6.07) is 18.0. The fourth-order valence-electron chi connectivity index (χ4n) is 4.37. The van der Waals surface area contributed by atoms with Crippen LogP contribution in [0.15, 0.2) is 60.9 Å².